The second-order valence-electron chi connectivity index (χ2n) is 7.89. The molecule has 160 valence electrons. The molecule has 2 heterocycles. The van der Waals surface area contributed by atoms with E-state index in [1.54, 1.807) is 12.3 Å². The Hall–Kier alpha value is -3.83. The number of carbonyl (C=O) groups excluding carboxylic acids is 1. The summed E-state index contributed by atoms with van der Waals surface area (Å²) in [5.74, 6) is -0.0727. The Morgan fingerprint density at radius 3 is 1.88 bits per heavy atom. The topological polar surface area (TPSA) is 80.9 Å². The molecule has 0 aliphatic carbocycles. The number of benzene rings is 2. The van der Waals surface area contributed by atoms with Crippen LogP contribution in [0.15, 0.2) is 91.4 Å². The first kappa shape index (κ1) is 21.4. The number of rotatable bonds is 6. The predicted molar refractivity (Wildman–Crippen MR) is 128 cm³/mol. The molecular formula is C27H26N4O. The van der Waals surface area contributed by atoms with Crippen molar-refractivity contribution in [2.75, 3.05) is 5.32 Å². The van der Waals surface area contributed by atoms with Crippen molar-refractivity contribution in [3.8, 4) is 11.1 Å². The maximum Gasteiger partial charge on any atom is 0.243 e. The minimum atomic E-state index is -0.772. The second-order valence-corrected chi connectivity index (χ2v) is 7.89. The van der Waals surface area contributed by atoms with E-state index in [9.17, 15) is 4.79 Å². The lowest BCUT2D eigenvalue weighted by Crippen LogP contribution is -2.41. The van der Waals surface area contributed by atoms with E-state index >= 15 is 0 Å². The van der Waals surface area contributed by atoms with E-state index < -0.39 is 6.04 Å². The van der Waals surface area contributed by atoms with E-state index in [0.29, 0.717) is 5.82 Å². The molecule has 0 aliphatic rings. The van der Waals surface area contributed by atoms with Crippen LogP contribution >= 0.6 is 0 Å². The first-order valence-corrected chi connectivity index (χ1v) is 10.6. The Labute approximate surface area is 188 Å². The van der Waals surface area contributed by atoms with Gasteiger partial charge in [-0.3, -0.25) is 9.78 Å². The number of aromatic nitrogens is 2. The minimum Gasteiger partial charge on any atom is -0.319 e. The van der Waals surface area contributed by atoms with Crippen molar-refractivity contribution in [3.63, 3.8) is 0 Å². The van der Waals surface area contributed by atoms with Crippen LogP contribution in [0.1, 0.15) is 28.2 Å². The van der Waals surface area contributed by atoms with E-state index in [2.05, 4.69) is 15.3 Å². The zero-order valence-corrected chi connectivity index (χ0v) is 18.2. The van der Waals surface area contributed by atoms with Crippen molar-refractivity contribution in [3.05, 3.63) is 114 Å². The fourth-order valence-electron chi connectivity index (χ4n) is 4.06. The lowest BCUT2D eigenvalue weighted by atomic mass is 9.85. The molecule has 0 aliphatic heterocycles. The SMILES string of the molecule is Cc1cncc(C)c1-c1ccc(NC(=O)[C@@H](N)C(c2ccccc2)c2ccccc2)nc1. The van der Waals surface area contributed by atoms with E-state index in [1.807, 2.05) is 93.0 Å². The van der Waals surface area contributed by atoms with Gasteiger partial charge >= 0.3 is 0 Å². The third-order valence-corrected chi connectivity index (χ3v) is 5.61. The maximum atomic E-state index is 13.1. The van der Waals surface area contributed by atoms with E-state index in [-0.39, 0.29) is 11.8 Å². The minimum absolute atomic E-state index is 0.265. The Morgan fingerprint density at radius 2 is 1.38 bits per heavy atom. The van der Waals surface area contributed by atoms with Crippen LogP contribution in [0.2, 0.25) is 0 Å². The average molecular weight is 423 g/mol. The number of anilines is 1. The molecule has 0 spiro atoms. The summed E-state index contributed by atoms with van der Waals surface area (Å²) in [4.78, 5) is 21.8. The van der Waals surface area contributed by atoms with Gasteiger partial charge < -0.3 is 11.1 Å². The molecule has 3 N–H and O–H groups in total. The Balaban J connectivity index is 1.56. The molecule has 2 aromatic carbocycles. The van der Waals surface area contributed by atoms with Gasteiger partial charge in [0.2, 0.25) is 5.91 Å². The van der Waals surface area contributed by atoms with Crippen LogP contribution < -0.4 is 11.1 Å². The molecule has 0 unspecified atom stereocenters. The molecule has 5 heteroatoms. The highest BCUT2D eigenvalue weighted by atomic mass is 16.2. The summed E-state index contributed by atoms with van der Waals surface area (Å²) in [5.41, 5.74) is 12.7. The van der Waals surface area contributed by atoms with Gasteiger partial charge in [0.15, 0.2) is 0 Å². The highest BCUT2D eigenvalue weighted by molar-refractivity contribution is 5.95. The summed E-state index contributed by atoms with van der Waals surface area (Å²) in [6.45, 7) is 4.05. The van der Waals surface area contributed by atoms with Crippen LogP contribution in [0, 0.1) is 13.8 Å². The van der Waals surface area contributed by atoms with Gasteiger partial charge in [0, 0.05) is 30.1 Å². The third-order valence-electron chi connectivity index (χ3n) is 5.61. The monoisotopic (exact) mass is 422 g/mol. The molecule has 4 aromatic rings. The standard InChI is InChI=1S/C27H26N4O/c1-18-15-29-16-19(2)24(18)22-13-14-23(30-17-22)31-27(32)26(28)25(20-9-5-3-6-10-20)21-11-7-4-8-12-21/h3-17,25-26H,28H2,1-2H3,(H,30,31,32)/t26-/m0/s1. The van der Waals surface area contributed by atoms with Crippen LogP contribution in [0.25, 0.3) is 11.1 Å². The molecule has 4 rings (SSSR count). The number of nitrogens with two attached hydrogens (primary N) is 1. The lowest BCUT2D eigenvalue weighted by molar-refractivity contribution is -0.117. The molecule has 0 saturated carbocycles. The van der Waals surface area contributed by atoms with Crippen LogP contribution in [0.3, 0.4) is 0 Å². The number of nitrogens with one attached hydrogen (secondary N) is 1. The normalized spacial score (nSPS) is 11.9. The summed E-state index contributed by atoms with van der Waals surface area (Å²) >= 11 is 0. The van der Waals surface area contributed by atoms with Gasteiger partial charge in [0.1, 0.15) is 5.82 Å². The lowest BCUT2D eigenvalue weighted by Gasteiger charge is -2.24. The summed E-state index contributed by atoms with van der Waals surface area (Å²) in [6.07, 6.45) is 5.44. The fraction of sp³-hybridized carbons (Fsp3) is 0.148. The summed E-state index contributed by atoms with van der Waals surface area (Å²) in [6, 6.07) is 22.7. The van der Waals surface area contributed by atoms with Gasteiger partial charge in [-0.25, -0.2) is 4.98 Å². The third kappa shape index (κ3) is 4.58. The number of carbonyl (C=O) groups is 1. The number of pyridine rings is 2. The van der Waals surface area contributed by atoms with Crippen LogP contribution in [-0.2, 0) is 4.79 Å². The fourth-order valence-corrected chi connectivity index (χ4v) is 4.06. The van der Waals surface area contributed by atoms with Crippen LogP contribution in [-0.4, -0.2) is 21.9 Å². The molecule has 1 amide bonds. The number of aryl methyl sites for hydroxylation is 2. The van der Waals surface area contributed by atoms with Crippen molar-refractivity contribution < 1.29 is 4.79 Å². The van der Waals surface area contributed by atoms with E-state index in [4.69, 9.17) is 5.73 Å². The number of amides is 1. The van der Waals surface area contributed by atoms with Crippen molar-refractivity contribution in [2.45, 2.75) is 25.8 Å². The smallest absolute Gasteiger partial charge is 0.243 e. The van der Waals surface area contributed by atoms with Crippen molar-refractivity contribution in [1.82, 2.24) is 9.97 Å². The Kier molecular flexibility index (Phi) is 6.38. The second kappa shape index (κ2) is 9.54. The van der Waals surface area contributed by atoms with Gasteiger partial charge in [-0.1, -0.05) is 60.7 Å². The van der Waals surface area contributed by atoms with E-state index in [1.165, 1.54) is 0 Å². The quantitative estimate of drug-likeness (QED) is 0.465. The summed E-state index contributed by atoms with van der Waals surface area (Å²) in [7, 11) is 0. The molecule has 32 heavy (non-hydrogen) atoms. The summed E-state index contributed by atoms with van der Waals surface area (Å²) < 4.78 is 0. The molecule has 0 bridgehead atoms. The Bertz CT molecular complexity index is 1130. The van der Waals surface area contributed by atoms with Gasteiger partial charge in [-0.15, -0.1) is 0 Å². The Morgan fingerprint density at radius 1 is 0.812 bits per heavy atom. The van der Waals surface area contributed by atoms with Gasteiger partial charge in [-0.05, 0) is 53.8 Å². The van der Waals surface area contributed by atoms with Crippen molar-refractivity contribution in [1.29, 1.82) is 0 Å². The molecule has 1 atom stereocenters. The van der Waals surface area contributed by atoms with E-state index in [0.717, 1.165) is 33.4 Å². The maximum absolute atomic E-state index is 13.1. The molecule has 2 aromatic heterocycles. The first-order valence-electron chi connectivity index (χ1n) is 10.6. The summed E-state index contributed by atoms with van der Waals surface area (Å²) in [5, 5.41) is 2.88. The molecule has 0 fully saturated rings. The van der Waals surface area contributed by atoms with Crippen LogP contribution in [0.5, 0.6) is 0 Å². The first-order chi connectivity index (χ1) is 15.5. The van der Waals surface area contributed by atoms with Crippen molar-refractivity contribution >= 4 is 11.7 Å². The zero-order valence-electron chi connectivity index (χ0n) is 18.2. The molecular weight excluding hydrogens is 396 g/mol. The largest absolute Gasteiger partial charge is 0.319 e. The highest BCUT2D eigenvalue weighted by Gasteiger charge is 2.28. The predicted octanol–water partition coefficient (Wildman–Crippen LogP) is 4.86. The van der Waals surface area contributed by atoms with Gasteiger partial charge in [0.25, 0.3) is 0 Å². The molecule has 0 radical (unpaired) electrons. The number of nitrogens with zero attached hydrogens (tertiary/aromatic N) is 2. The number of hydrogen-bond acceptors (Lipinski definition) is 4. The van der Waals surface area contributed by atoms with Crippen molar-refractivity contribution in [2.24, 2.45) is 5.73 Å². The molecule has 0 saturated heterocycles. The number of hydrogen-bond donors (Lipinski definition) is 2. The van der Waals surface area contributed by atoms with Gasteiger partial charge in [0.05, 0.1) is 6.04 Å². The van der Waals surface area contributed by atoms with Gasteiger partial charge in [-0.2, -0.15) is 0 Å². The zero-order chi connectivity index (χ0) is 22.5. The molecule has 5 nitrogen and oxygen atoms in total. The average Bonchev–Trinajstić information content (AvgIpc) is 2.81. The highest BCUT2D eigenvalue weighted by Crippen LogP contribution is 2.29. The van der Waals surface area contributed by atoms with Crippen LogP contribution in [0.4, 0.5) is 5.82 Å².